The molecule has 9 nitrogen and oxygen atoms in total. The zero-order chi connectivity index (χ0) is 29.9. The van der Waals surface area contributed by atoms with Crippen molar-refractivity contribution >= 4 is 34.8 Å². The predicted molar refractivity (Wildman–Crippen MR) is 156 cm³/mol. The average molecular weight is 564 g/mol. The van der Waals surface area contributed by atoms with E-state index in [-0.39, 0.29) is 32.0 Å². The minimum atomic E-state index is -0.900. The highest BCUT2D eigenvalue weighted by Crippen LogP contribution is 2.37. The van der Waals surface area contributed by atoms with Crippen molar-refractivity contribution in [2.75, 3.05) is 31.3 Å². The second-order valence-corrected chi connectivity index (χ2v) is 11.8. The number of nitrogens with zero attached hydrogens (tertiary/aromatic N) is 3. The molecule has 2 aromatic carbocycles. The van der Waals surface area contributed by atoms with Gasteiger partial charge in [0.05, 0.1) is 35.8 Å². The molecule has 2 aliphatic rings. The smallest absolute Gasteiger partial charge is 0.253 e. The van der Waals surface area contributed by atoms with Crippen LogP contribution in [0.1, 0.15) is 50.8 Å². The van der Waals surface area contributed by atoms with Crippen LogP contribution in [0, 0.1) is 5.41 Å². The number of hydrazine groups is 1. The maximum absolute atomic E-state index is 13.6. The van der Waals surface area contributed by atoms with Crippen LogP contribution in [0.3, 0.4) is 0 Å². The van der Waals surface area contributed by atoms with Gasteiger partial charge >= 0.3 is 0 Å². The lowest BCUT2D eigenvalue weighted by Crippen LogP contribution is -2.43. The molecule has 0 aliphatic carbocycles. The molecular weight excluding hydrogens is 525 g/mol. The number of ether oxygens (including phenoxy) is 1. The monoisotopic (exact) mass is 563 g/mol. The number of imide groups is 1. The highest BCUT2D eigenvalue weighted by atomic mass is 19.1. The van der Waals surface area contributed by atoms with Crippen LogP contribution in [0.4, 0.5) is 10.1 Å². The summed E-state index contributed by atoms with van der Waals surface area (Å²) in [5.74, 6) is 5.63. The van der Waals surface area contributed by atoms with Crippen LogP contribution >= 0.6 is 0 Å². The number of halogens is 1. The van der Waals surface area contributed by atoms with Crippen molar-refractivity contribution in [3.63, 3.8) is 0 Å². The Labute approximate surface area is 240 Å². The van der Waals surface area contributed by atoms with Gasteiger partial charge in [-0.1, -0.05) is 56.3 Å². The van der Waals surface area contributed by atoms with E-state index in [4.69, 9.17) is 16.3 Å². The van der Waals surface area contributed by atoms with Crippen molar-refractivity contribution < 1.29 is 23.5 Å². The Morgan fingerprint density at radius 1 is 1.00 bits per heavy atom. The highest BCUT2D eigenvalue weighted by Gasteiger charge is 2.32. The number of hydrogen-bond donors (Lipinski definition) is 2. The van der Waals surface area contributed by atoms with E-state index in [0.29, 0.717) is 29.2 Å². The van der Waals surface area contributed by atoms with Gasteiger partial charge in [0.25, 0.3) is 11.8 Å². The number of anilines is 1. The molecule has 0 radical (unpaired) electrons. The topological polar surface area (TPSA) is 122 Å². The number of alkyl halides is 1. The van der Waals surface area contributed by atoms with Crippen molar-refractivity contribution in [2.45, 2.75) is 46.3 Å². The summed E-state index contributed by atoms with van der Waals surface area (Å²) in [5.41, 5.74) is 9.34. The Morgan fingerprint density at radius 3 is 2.27 bits per heavy atom. The zero-order valence-electron chi connectivity index (χ0n) is 24.0. The summed E-state index contributed by atoms with van der Waals surface area (Å²) in [7, 11) is 0. The van der Waals surface area contributed by atoms with Gasteiger partial charge < -0.3 is 20.4 Å². The minimum absolute atomic E-state index is 0.0205. The van der Waals surface area contributed by atoms with Gasteiger partial charge in [-0.3, -0.25) is 19.3 Å². The third-order valence-corrected chi connectivity index (χ3v) is 7.15. The first-order valence-electron chi connectivity index (χ1n) is 13.6. The number of rotatable bonds is 10. The highest BCUT2D eigenvalue weighted by molar-refractivity contribution is 6.13. The van der Waals surface area contributed by atoms with E-state index in [9.17, 15) is 18.8 Å². The quantitative estimate of drug-likeness (QED) is 0.257. The Balaban J connectivity index is 1.69. The number of para-hydroxylation sites is 1. The first-order chi connectivity index (χ1) is 19.3. The van der Waals surface area contributed by atoms with E-state index < -0.39 is 29.5 Å². The fourth-order valence-electron chi connectivity index (χ4n) is 4.90. The molecule has 0 atom stereocenters. The predicted octanol–water partition coefficient (Wildman–Crippen LogP) is 3.60. The van der Waals surface area contributed by atoms with Gasteiger partial charge in [0.2, 0.25) is 5.91 Å². The summed E-state index contributed by atoms with van der Waals surface area (Å²) >= 11 is 0. The number of hydrogen-bond acceptors (Lipinski definition) is 7. The second kappa shape index (κ2) is 11.8. The summed E-state index contributed by atoms with van der Waals surface area (Å²) in [5, 5.41) is 1.60. The van der Waals surface area contributed by atoms with Gasteiger partial charge in [-0.2, -0.15) is 0 Å². The molecule has 2 aromatic rings. The first kappa shape index (κ1) is 30.0. The van der Waals surface area contributed by atoms with Crippen LogP contribution in [0.2, 0.25) is 0 Å². The van der Waals surface area contributed by atoms with E-state index in [0.717, 1.165) is 16.0 Å². The van der Waals surface area contributed by atoms with Crippen molar-refractivity contribution in [3.05, 3.63) is 77.4 Å². The number of benzene rings is 2. The molecule has 41 heavy (non-hydrogen) atoms. The van der Waals surface area contributed by atoms with Crippen LogP contribution in [0.5, 0.6) is 0 Å². The third kappa shape index (κ3) is 6.66. The molecule has 4 rings (SSSR count). The van der Waals surface area contributed by atoms with Gasteiger partial charge in [0.15, 0.2) is 0 Å². The molecule has 10 heteroatoms. The molecule has 0 unspecified atom stereocenters. The number of carbonyl (C=O) groups is 3. The maximum Gasteiger partial charge on any atom is 0.253 e. The Hall–Kier alpha value is -4.02. The number of fused-ring (bicyclic) bond motifs is 2. The van der Waals surface area contributed by atoms with E-state index >= 15 is 0 Å². The summed E-state index contributed by atoms with van der Waals surface area (Å²) < 4.78 is 19.2. The van der Waals surface area contributed by atoms with Gasteiger partial charge in [-0.05, 0) is 25.5 Å². The van der Waals surface area contributed by atoms with E-state index in [1.54, 1.807) is 23.8 Å². The molecule has 2 heterocycles. The number of carbonyl (C=O) groups excluding carboxylic acids is 3. The van der Waals surface area contributed by atoms with Crippen LogP contribution in [-0.4, -0.2) is 59.6 Å². The summed E-state index contributed by atoms with van der Waals surface area (Å²) in [6.07, 6.45) is 2.36. The number of amides is 3. The largest absolute Gasteiger partial charge is 0.396 e. The molecule has 0 saturated heterocycles. The molecule has 0 fully saturated rings. The van der Waals surface area contributed by atoms with E-state index in [2.05, 4.69) is 0 Å². The Kier molecular flexibility index (Phi) is 8.65. The molecule has 0 saturated carbocycles. The fraction of sp³-hybridized carbons (Fsp3) is 0.387. The second-order valence-electron chi connectivity index (χ2n) is 11.8. The van der Waals surface area contributed by atoms with E-state index in [1.807, 2.05) is 62.4 Å². The maximum atomic E-state index is 13.6. The molecular formula is C31H38FN5O4. The van der Waals surface area contributed by atoms with Crippen molar-refractivity contribution in [1.29, 1.82) is 0 Å². The molecule has 4 N–H and O–H groups in total. The van der Waals surface area contributed by atoms with Gasteiger partial charge in [0.1, 0.15) is 6.67 Å². The number of nitrogens with two attached hydrogens (primary N) is 2. The van der Waals surface area contributed by atoms with Crippen molar-refractivity contribution in [2.24, 2.45) is 17.0 Å². The standard InChI is InChI=1S/C31H38FN5O4/c1-30(2,20-41-31(3,4)18-32)19-37(34)29-22-10-6-5-9-21(22)17-36(24-12-8-7-11-23(24)28(29)33)27(40)15-16-35-25(38)13-14-26(35)39/h5-14H,15-20,33-34H2,1-4H3/b29-28-. The zero-order valence-corrected chi connectivity index (χ0v) is 24.0. The molecule has 218 valence electrons. The lowest BCUT2D eigenvalue weighted by Gasteiger charge is -2.37. The van der Waals surface area contributed by atoms with Crippen LogP contribution in [-0.2, 0) is 25.7 Å². The Morgan fingerprint density at radius 2 is 1.61 bits per heavy atom. The van der Waals surface area contributed by atoms with E-state index in [1.165, 1.54) is 12.2 Å². The summed E-state index contributed by atoms with van der Waals surface area (Å²) in [4.78, 5) is 40.3. The SMILES string of the molecule is CC(C)(COC(C)(C)CF)CN(N)/C1=C(\N)c2ccccc2N(C(=O)CCN2C(=O)C=CC2=O)Cc2ccccc21. The van der Waals surface area contributed by atoms with Gasteiger partial charge in [-0.15, -0.1) is 0 Å². The van der Waals surface area contributed by atoms with Crippen LogP contribution < -0.4 is 16.5 Å². The molecule has 3 amide bonds. The lowest BCUT2D eigenvalue weighted by molar-refractivity contribution is -0.137. The van der Waals surface area contributed by atoms with Crippen LogP contribution in [0.15, 0.2) is 60.7 Å². The van der Waals surface area contributed by atoms with Gasteiger partial charge in [0, 0.05) is 48.2 Å². The van der Waals surface area contributed by atoms with Crippen molar-refractivity contribution in [1.82, 2.24) is 9.91 Å². The summed E-state index contributed by atoms with van der Waals surface area (Å²) in [6.45, 7) is 7.64. The molecule has 0 spiro atoms. The molecule has 0 aromatic heterocycles. The normalized spacial score (nSPS) is 17.3. The minimum Gasteiger partial charge on any atom is -0.396 e. The lowest BCUT2D eigenvalue weighted by atomic mass is 9.91. The molecule has 2 aliphatic heterocycles. The summed E-state index contributed by atoms with van der Waals surface area (Å²) in [6, 6.07) is 14.9. The molecule has 0 bridgehead atoms. The third-order valence-electron chi connectivity index (χ3n) is 7.15. The first-order valence-corrected chi connectivity index (χ1v) is 13.6. The van der Waals surface area contributed by atoms with Crippen molar-refractivity contribution in [3.8, 4) is 0 Å². The van der Waals surface area contributed by atoms with Crippen LogP contribution in [0.25, 0.3) is 11.4 Å². The average Bonchev–Trinajstić information content (AvgIpc) is 3.25. The Bertz CT molecular complexity index is 1380. The fourth-order valence-corrected chi connectivity index (χ4v) is 4.90. The van der Waals surface area contributed by atoms with Gasteiger partial charge in [-0.25, -0.2) is 10.2 Å².